The third-order valence-electron chi connectivity index (χ3n) is 1.70. The molecule has 0 saturated heterocycles. The molecule has 0 amide bonds. The Morgan fingerprint density at radius 3 is 2.12 bits per heavy atom. The minimum atomic E-state index is -2.16. The van der Waals surface area contributed by atoms with Crippen LogP contribution in [0.3, 0.4) is 0 Å². The second-order valence-electron chi connectivity index (χ2n) is 2.32. The van der Waals surface area contributed by atoms with Gasteiger partial charge >= 0.3 is 0 Å². The zero-order chi connectivity index (χ0) is 5.98. The lowest BCUT2D eigenvalue weighted by molar-refractivity contribution is 0.489. The molecule has 0 spiro atoms. The van der Waals surface area contributed by atoms with Gasteiger partial charge in [0.05, 0.1) is 0 Å². The van der Waals surface area contributed by atoms with E-state index in [0.29, 0.717) is 0 Å². The maximum Gasteiger partial charge on any atom is 0.192 e. The van der Waals surface area contributed by atoms with Gasteiger partial charge in [-0.15, -0.1) is 0 Å². The third kappa shape index (κ3) is 1.33. The first-order valence-corrected chi connectivity index (χ1v) is 4.47. The van der Waals surface area contributed by atoms with E-state index in [1.165, 1.54) is 0 Å². The number of hydrogen-bond acceptors (Lipinski definition) is 1. The van der Waals surface area contributed by atoms with Crippen LogP contribution in [0, 0.1) is 0 Å². The average Bonchev–Trinajstić information content (AvgIpc) is 2.12. The largest absolute Gasteiger partial charge is 0.346 e. The minimum Gasteiger partial charge on any atom is -0.346 e. The lowest BCUT2D eigenvalue weighted by atomic mass is 10.4. The SMILES string of the molecule is O=[PH](O)C1CCCC1. The van der Waals surface area contributed by atoms with Gasteiger partial charge in [0.2, 0.25) is 0 Å². The second kappa shape index (κ2) is 2.65. The molecular formula is C5H11O2P. The fourth-order valence-electron chi connectivity index (χ4n) is 1.17. The maximum atomic E-state index is 10.4. The second-order valence-corrected chi connectivity index (χ2v) is 3.81. The zero-order valence-electron chi connectivity index (χ0n) is 4.76. The average molecular weight is 134 g/mol. The molecule has 0 radical (unpaired) electrons. The summed E-state index contributed by atoms with van der Waals surface area (Å²) in [6.45, 7) is 0. The van der Waals surface area contributed by atoms with Crippen LogP contribution in [0.2, 0.25) is 0 Å². The Labute approximate surface area is 49.8 Å². The van der Waals surface area contributed by atoms with Crippen LogP contribution in [0.15, 0.2) is 0 Å². The molecule has 1 aliphatic rings. The van der Waals surface area contributed by atoms with Crippen LogP contribution in [-0.2, 0) is 4.57 Å². The van der Waals surface area contributed by atoms with E-state index in [-0.39, 0.29) is 5.66 Å². The molecule has 1 unspecified atom stereocenters. The molecule has 1 rings (SSSR count). The molecule has 1 saturated carbocycles. The van der Waals surface area contributed by atoms with Gasteiger partial charge in [-0.2, -0.15) is 0 Å². The van der Waals surface area contributed by atoms with Gasteiger partial charge in [0, 0.05) is 5.66 Å². The van der Waals surface area contributed by atoms with Crippen molar-refractivity contribution in [3.05, 3.63) is 0 Å². The first-order valence-electron chi connectivity index (χ1n) is 3.03. The standard InChI is InChI=1S/C5H11O2P/c6-8(7)5-3-1-2-4-5/h5,8H,1-4H2,(H,6,7). The van der Waals surface area contributed by atoms with Crippen molar-refractivity contribution in [3.8, 4) is 0 Å². The van der Waals surface area contributed by atoms with Crippen LogP contribution in [-0.4, -0.2) is 10.6 Å². The van der Waals surface area contributed by atoms with Crippen molar-refractivity contribution >= 4 is 8.03 Å². The van der Waals surface area contributed by atoms with Crippen LogP contribution in [0.4, 0.5) is 0 Å². The third-order valence-corrected chi connectivity index (χ3v) is 2.98. The van der Waals surface area contributed by atoms with Gasteiger partial charge in [0.15, 0.2) is 8.03 Å². The maximum absolute atomic E-state index is 10.4. The van der Waals surface area contributed by atoms with E-state index in [1.807, 2.05) is 0 Å². The monoisotopic (exact) mass is 134 g/mol. The fraction of sp³-hybridized carbons (Fsp3) is 1.00. The molecule has 0 aromatic heterocycles. The Hall–Kier alpha value is 0.190. The summed E-state index contributed by atoms with van der Waals surface area (Å²) >= 11 is 0. The van der Waals surface area contributed by atoms with Crippen molar-refractivity contribution in [2.45, 2.75) is 31.3 Å². The zero-order valence-corrected chi connectivity index (χ0v) is 5.76. The van der Waals surface area contributed by atoms with Crippen molar-refractivity contribution in [1.82, 2.24) is 0 Å². The van der Waals surface area contributed by atoms with Crippen LogP contribution >= 0.6 is 8.03 Å². The minimum absolute atomic E-state index is 0.167. The molecule has 0 bridgehead atoms. The number of hydrogen-bond donors (Lipinski definition) is 1. The molecule has 1 atom stereocenters. The van der Waals surface area contributed by atoms with Crippen LogP contribution < -0.4 is 0 Å². The Morgan fingerprint density at radius 1 is 1.38 bits per heavy atom. The van der Waals surface area contributed by atoms with Gasteiger partial charge in [0.25, 0.3) is 0 Å². The van der Waals surface area contributed by atoms with E-state index in [2.05, 4.69) is 0 Å². The van der Waals surface area contributed by atoms with Crippen LogP contribution in [0.1, 0.15) is 25.7 Å². The Balaban J connectivity index is 2.35. The Kier molecular flexibility index (Phi) is 2.09. The van der Waals surface area contributed by atoms with Crippen molar-refractivity contribution in [2.75, 3.05) is 0 Å². The van der Waals surface area contributed by atoms with E-state index in [0.717, 1.165) is 25.7 Å². The van der Waals surface area contributed by atoms with Gasteiger partial charge in [0.1, 0.15) is 0 Å². The van der Waals surface area contributed by atoms with Gasteiger partial charge in [-0.1, -0.05) is 12.8 Å². The molecule has 8 heavy (non-hydrogen) atoms. The van der Waals surface area contributed by atoms with E-state index < -0.39 is 8.03 Å². The van der Waals surface area contributed by atoms with E-state index in [1.54, 1.807) is 0 Å². The quantitative estimate of drug-likeness (QED) is 0.550. The molecule has 3 heteroatoms. The molecule has 1 aliphatic carbocycles. The molecular weight excluding hydrogens is 123 g/mol. The highest BCUT2D eigenvalue weighted by molar-refractivity contribution is 7.38. The van der Waals surface area contributed by atoms with Crippen LogP contribution in [0.25, 0.3) is 0 Å². The van der Waals surface area contributed by atoms with Crippen molar-refractivity contribution in [3.63, 3.8) is 0 Å². The van der Waals surface area contributed by atoms with E-state index in [9.17, 15) is 4.57 Å². The summed E-state index contributed by atoms with van der Waals surface area (Å²) in [4.78, 5) is 8.60. The topological polar surface area (TPSA) is 37.3 Å². The summed E-state index contributed by atoms with van der Waals surface area (Å²) < 4.78 is 10.4. The van der Waals surface area contributed by atoms with E-state index in [4.69, 9.17) is 4.89 Å². The van der Waals surface area contributed by atoms with Gasteiger partial charge in [-0.3, -0.25) is 4.57 Å². The molecule has 0 aliphatic heterocycles. The highest BCUT2D eigenvalue weighted by Gasteiger charge is 2.18. The first kappa shape index (κ1) is 6.31. The molecule has 2 nitrogen and oxygen atoms in total. The highest BCUT2D eigenvalue weighted by Crippen LogP contribution is 2.35. The summed E-state index contributed by atoms with van der Waals surface area (Å²) in [5, 5.41) is 0. The fourth-order valence-corrected chi connectivity index (χ4v) is 2.07. The smallest absolute Gasteiger partial charge is 0.192 e. The van der Waals surface area contributed by atoms with Crippen LogP contribution in [0.5, 0.6) is 0 Å². The van der Waals surface area contributed by atoms with Crippen molar-refractivity contribution < 1.29 is 9.46 Å². The molecule has 0 heterocycles. The molecule has 0 aromatic carbocycles. The highest BCUT2D eigenvalue weighted by atomic mass is 31.1. The van der Waals surface area contributed by atoms with Crippen molar-refractivity contribution in [2.24, 2.45) is 0 Å². The summed E-state index contributed by atoms with van der Waals surface area (Å²) in [6.07, 6.45) is 4.27. The van der Waals surface area contributed by atoms with Gasteiger partial charge < -0.3 is 4.89 Å². The summed E-state index contributed by atoms with van der Waals surface area (Å²) in [7, 11) is -2.16. The first-order chi connectivity index (χ1) is 3.80. The molecule has 1 N–H and O–H groups in total. The Bertz CT molecular complexity index is 96.6. The lowest BCUT2D eigenvalue weighted by Crippen LogP contribution is -1.90. The molecule has 1 fully saturated rings. The Morgan fingerprint density at radius 2 is 1.88 bits per heavy atom. The lowest BCUT2D eigenvalue weighted by Gasteiger charge is -1.99. The van der Waals surface area contributed by atoms with Gasteiger partial charge in [-0.25, -0.2) is 0 Å². The summed E-state index contributed by atoms with van der Waals surface area (Å²) in [5.41, 5.74) is 0.167. The van der Waals surface area contributed by atoms with Gasteiger partial charge in [-0.05, 0) is 12.8 Å². The van der Waals surface area contributed by atoms with E-state index >= 15 is 0 Å². The summed E-state index contributed by atoms with van der Waals surface area (Å²) in [5.74, 6) is 0. The predicted octanol–water partition coefficient (Wildman–Crippen LogP) is 1.40. The predicted molar refractivity (Wildman–Crippen MR) is 33.5 cm³/mol. The normalized spacial score (nSPS) is 26.1. The molecule has 48 valence electrons. The summed E-state index contributed by atoms with van der Waals surface area (Å²) in [6, 6.07) is 0. The number of rotatable bonds is 1. The molecule has 0 aromatic rings. The van der Waals surface area contributed by atoms with Crippen molar-refractivity contribution in [1.29, 1.82) is 0 Å².